The Morgan fingerprint density at radius 1 is 1.13 bits per heavy atom. The van der Waals surface area contributed by atoms with E-state index in [4.69, 9.17) is 21.1 Å². The van der Waals surface area contributed by atoms with Gasteiger partial charge in [-0.2, -0.15) is 0 Å². The maximum absolute atomic E-state index is 13.0. The van der Waals surface area contributed by atoms with Crippen LogP contribution in [0, 0.1) is 13.8 Å². The number of hydrogen-bond donors (Lipinski definition) is 1. The average molecular weight is 430 g/mol. The number of aliphatic hydroxyl groups excluding tert-OH is 1. The van der Waals surface area contributed by atoms with Crippen LogP contribution in [0.2, 0.25) is 5.02 Å². The van der Waals surface area contributed by atoms with Crippen LogP contribution in [0.15, 0.2) is 42.0 Å². The highest BCUT2D eigenvalue weighted by Gasteiger charge is 2.46. The maximum atomic E-state index is 13.0. The van der Waals surface area contributed by atoms with Crippen LogP contribution in [0.3, 0.4) is 0 Å². The second-order valence-corrected chi connectivity index (χ2v) is 7.63. The zero-order valence-electron chi connectivity index (χ0n) is 17.4. The third-order valence-electron chi connectivity index (χ3n) is 5.08. The molecule has 158 valence electrons. The molecule has 7 heteroatoms. The number of carbonyl (C=O) groups is 2. The number of aryl methyl sites for hydroxylation is 2. The number of rotatable bonds is 6. The van der Waals surface area contributed by atoms with Gasteiger partial charge in [0.15, 0.2) is 0 Å². The number of carbonyl (C=O) groups excluding carboxylic acids is 2. The molecule has 0 aromatic heterocycles. The molecule has 1 N–H and O–H groups in total. The number of Topliss-reactive ketones (excluding diaryl/α,β-unsaturated/α-hetero) is 1. The van der Waals surface area contributed by atoms with E-state index in [1.54, 1.807) is 12.1 Å². The summed E-state index contributed by atoms with van der Waals surface area (Å²) >= 11 is 6.28. The smallest absolute Gasteiger partial charge is 0.295 e. The predicted molar refractivity (Wildman–Crippen MR) is 115 cm³/mol. The predicted octanol–water partition coefficient (Wildman–Crippen LogP) is 4.03. The van der Waals surface area contributed by atoms with Crippen LogP contribution in [0.5, 0.6) is 5.75 Å². The average Bonchev–Trinajstić information content (AvgIpc) is 2.96. The first kappa shape index (κ1) is 21.9. The van der Waals surface area contributed by atoms with Crippen molar-refractivity contribution in [2.24, 2.45) is 0 Å². The molecule has 1 heterocycles. The van der Waals surface area contributed by atoms with Crippen molar-refractivity contribution in [3.8, 4) is 5.75 Å². The highest BCUT2D eigenvalue weighted by atomic mass is 35.5. The molecule has 1 unspecified atom stereocenters. The summed E-state index contributed by atoms with van der Waals surface area (Å²) in [6, 6.07) is 10.1. The van der Waals surface area contributed by atoms with Crippen LogP contribution in [0.4, 0.5) is 0 Å². The number of likely N-dealkylation sites (tertiary alicyclic amines) is 1. The minimum Gasteiger partial charge on any atom is -0.507 e. The van der Waals surface area contributed by atoms with E-state index in [1.165, 1.54) is 19.1 Å². The van der Waals surface area contributed by atoms with Gasteiger partial charge in [0, 0.05) is 13.7 Å². The lowest BCUT2D eigenvalue weighted by molar-refractivity contribution is -0.140. The minimum absolute atomic E-state index is 0.00155. The Morgan fingerprint density at radius 3 is 2.50 bits per heavy atom. The van der Waals surface area contributed by atoms with Crippen molar-refractivity contribution < 1.29 is 24.2 Å². The number of ether oxygens (including phenoxy) is 2. The Hall–Kier alpha value is -2.83. The third kappa shape index (κ3) is 3.93. The monoisotopic (exact) mass is 429 g/mol. The molecule has 3 rings (SSSR count). The van der Waals surface area contributed by atoms with Gasteiger partial charge in [0.25, 0.3) is 11.7 Å². The van der Waals surface area contributed by atoms with Crippen molar-refractivity contribution in [3.63, 3.8) is 0 Å². The van der Waals surface area contributed by atoms with Gasteiger partial charge in [-0.3, -0.25) is 9.59 Å². The van der Waals surface area contributed by atoms with Crippen LogP contribution in [-0.2, 0) is 14.3 Å². The summed E-state index contributed by atoms with van der Waals surface area (Å²) in [6.07, 6.45) is 0. The molecule has 2 aromatic carbocycles. The van der Waals surface area contributed by atoms with E-state index < -0.39 is 17.7 Å². The van der Waals surface area contributed by atoms with Gasteiger partial charge in [-0.1, -0.05) is 41.4 Å². The van der Waals surface area contributed by atoms with E-state index in [0.717, 1.165) is 16.7 Å². The molecular weight excluding hydrogens is 406 g/mol. The molecule has 30 heavy (non-hydrogen) atoms. The minimum atomic E-state index is -0.755. The largest absolute Gasteiger partial charge is 0.507 e. The number of hydrogen-bond acceptors (Lipinski definition) is 5. The summed E-state index contributed by atoms with van der Waals surface area (Å²) in [4.78, 5) is 27.3. The van der Waals surface area contributed by atoms with Crippen LogP contribution in [0.25, 0.3) is 5.76 Å². The van der Waals surface area contributed by atoms with Crippen molar-refractivity contribution in [2.45, 2.75) is 19.9 Å². The van der Waals surface area contributed by atoms with Gasteiger partial charge < -0.3 is 19.5 Å². The summed E-state index contributed by atoms with van der Waals surface area (Å²) in [5, 5.41) is 11.5. The number of nitrogens with zero attached hydrogens (tertiary/aromatic N) is 1. The Kier molecular flexibility index (Phi) is 6.48. The van der Waals surface area contributed by atoms with Crippen molar-refractivity contribution in [1.82, 2.24) is 4.90 Å². The fraction of sp³-hybridized carbons (Fsp3) is 0.304. The number of methoxy groups -OCH3 is 2. The molecule has 1 aliphatic rings. The van der Waals surface area contributed by atoms with Gasteiger partial charge in [0.05, 0.1) is 35.9 Å². The number of aliphatic hydroxyl groups is 1. The van der Waals surface area contributed by atoms with Gasteiger partial charge >= 0.3 is 0 Å². The molecule has 1 amide bonds. The molecule has 1 aliphatic heterocycles. The summed E-state index contributed by atoms with van der Waals surface area (Å²) in [7, 11) is 2.96. The molecular formula is C23H24ClNO5. The van der Waals surface area contributed by atoms with Crippen LogP contribution >= 0.6 is 11.6 Å². The molecule has 2 aromatic rings. The Morgan fingerprint density at radius 2 is 1.87 bits per heavy atom. The zero-order chi connectivity index (χ0) is 22.0. The first-order chi connectivity index (χ1) is 14.3. The van der Waals surface area contributed by atoms with Gasteiger partial charge in [-0.05, 0) is 37.1 Å². The van der Waals surface area contributed by atoms with Gasteiger partial charge in [-0.25, -0.2) is 0 Å². The zero-order valence-corrected chi connectivity index (χ0v) is 18.1. The normalized spacial score (nSPS) is 18.2. The van der Waals surface area contributed by atoms with Crippen molar-refractivity contribution in [1.29, 1.82) is 0 Å². The summed E-state index contributed by atoms with van der Waals surface area (Å²) in [5.74, 6) is -1.51. The fourth-order valence-corrected chi connectivity index (χ4v) is 4.10. The standard InChI is InChI=1S/C23H24ClNO5/c1-13-6-5-7-15(10-13)19-18(21(27)23(28)25(19)8-9-29-3)20(26)16-11-14(2)12-17(24)22(16)30-4/h5-7,10-12,19,26H,8-9H2,1-4H3/b20-18+. The van der Waals surface area contributed by atoms with Crippen LogP contribution < -0.4 is 4.74 Å². The van der Waals surface area contributed by atoms with E-state index in [1.807, 2.05) is 38.1 Å². The number of halogens is 1. The SMILES string of the molecule is COCCN1C(=O)C(=O)/C(=C(/O)c2cc(C)cc(Cl)c2OC)C1c1cccc(C)c1. The fourth-order valence-electron chi connectivity index (χ4n) is 3.74. The summed E-state index contributed by atoms with van der Waals surface area (Å²) < 4.78 is 10.5. The van der Waals surface area contributed by atoms with Crippen molar-refractivity contribution >= 4 is 29.1 Å². The molecule has 1 fully saturated rings. The molecule has 0 aliphatic carbocycles. The molecule has 6 nitrogen and oxygen atoms in total. The van der Waals surface area contributed by atoms with E-state index in [-0.39, 0.29) is 35.8 Å². The Balaban J connectivity index is 2.27. The first-order valence-electron chi connectivity index (χ1n) is 9.48. The van der Waals surface area contributed by atoms with Crippen LogP contribution in [0.1, 0.15) is 28.3 Å². The number of benzene rings is 2. The van der Waals surface area contributed by atoms with E-state index in [2.05, 4.69) is 0 Å². The lowest BCUT2D eigenvalue weighted by Crippen LogP contribution is -2.32. The van der Waals surface area contributed by atoms with E-state index in [0.29, 0.717) is 5.02 Å². The Labute approximate surface area is 180 Å². The highest BCUT2D eigenvalue weighted by Crippen LogP contribution is 2.42. The Bertz CT molecular complexity index is 1030. The van der Waals surface area contributed by atoms with Crippen molar-refractivity contribution in [3.05, 3.63) is 69.2 Å². The number of amides is 1. The molecule has 0 radical (unpaired) electrons. The third-order valence-corrected chi connectivity index (χ3v) is 5.36. The molecule has 0 bridgehead atoms. The highest BCUT2D eigenvalue weighted by molar-refractivity contribution is 6.46. The van der Waals surface area contributed by atoms with E-state index in [9.17, 15) is 14.7 Å². The second-order valence-electron chi connectivity index (χ2n) is 7.23. The van der Waals surface area contributed by atoms with E-state index >= 15 is 0 Å². The lowest BCUT2D eigenvalue weighted by Gasteiger charge is -2.25. The van der Waals surface area contributed by atoms with Crippen molar-refractivity contribution in [2.75, 3.05) is 27.4 Å². The molecule has 0 saturated carbocycles. The summed E-state index contributed by atoms with van der Waals surface area (Å²) in [6.45, 7) is 4.21. The number of ketones is 1. The van der Waals surface area contributed by atoms with Gasteiger partial charge in [0.2, 0.25) is 0 Å². The maximum Gasteiger partial charge on any atom is 0.295 e. The molecule has 1 atom stereocenters. The summed E-state index contributed by atoms with van der Waals surface area (Å²) in [5.41, 5.74) is 2.75. The lowest BCUT2D eigenvalue weighted by atomic mass is 9.93. The first-order valence-corrected chi connectivity index (χ1v) is 9.86. The second kappa shape index (κ2) is 8.90. The van der Waals surface area contributed by atoms with Crippen LogP contribution in [-0.4, -0.2) is 49.1 Å². The topological polar surface area (TPSA) is 76.1 Å². The molecule has 1 saturated heterocycles. The van der Waals surface area contributed by atoms with Gasteiger partial charge in [0.1, 0.15) is 11.5 Å². The van der Waals surface area contributed by atoms with Gasteiger partial charge in [-0.15, -0.1) is 0 Å². The molecule has 0 spiro atoms. The quantitative estimate of drug-likeness (QED) is 0.426.